The lowest BCUT2D eigenvalue weighted by Crippen LogP contribution is -2.24. The van der Waals surface area contributed by atoms with Crippen LogP contribution in [-0.2, 0) is 18.0 Å². The van der Waals surface area contributed by atoms with Crippen LogP contribution in [0.3, 0.4) is 0 Å². The van der Waals surface area contributed by atoms with Gasteiger partial charge in [-0.25, -0.2) is 4.79 Å². The molecule has 0 aliphatic carbocycles. The molecule has 1 amide bonds. The smallest absolute Gasteiger partial charge is 0.408 e. The molecule has 0 aliphatic rings. The number of nitrogens with one attached hydrogen (secondary N) is 1. The highest BCUT2D eigenvalue weighted by Crippen LogP contribution is 2.06. The Morgan fingerprint density at radius 1 is 1.09 bits per heavy atom. The normalized spacial score (nSPS) is 9.50. The molecule has 2 aromatic rings. The maximum atomic E-state index is 11.5. The number of hydrogen-bond acceptors (Lipinski definition) is 3. The van der Waals surface area contributed by atoms with Crippen molar-refractivity contribution in [1.82, 2.24) is 5.32 Å². The highest BCUT2D eigenvalue weighted by atomic mass is 16.5. The molecule has 0 aromatic heterocycles. The maximum Gasteiger partial charge on any atom is 0.408 e. The van der Waals surface area contributed by atoms with Gasteiger partial charge >= 0.3 is 6.09 Å². The summed E-state index contributed by atoms with van der Waals surface area (Å²) in [7, 11) is 0. The molecule has 2 rings (SSSR count). The molecule has 0 spiro atoms. The van der Waals surface area contributed by atoms with Gasteiger partial charge in [0.25, 0.3) is 0 Å². The van der Waals surface area contributed by atoms with E-state index in [0.717, 1.165) is 16.7 Å². The summed E-state index contributed by atoms with van der Waals surface area (Å²) in [6.07, 6.45) is -0.506. The number of alkyl carbamates (subject to hydrolysis) is 1. The lowest BCUT2D eigenvalue weighted by atomic mass is 10.1. The summed E-state index contributed by atoms with van der Waals surface area (Å²) >= 11 is 0. The van der Waals surface area contributed by atoms with Crippen molar-refractivity contribution in [3.8, 4) is 11.8 Å². The highest BCUT2D eigenvalue weighted by Gasteiger charge is 2.00. The van der Waals surface area contributed by atoms with Crippen LogP contribution in [0, 0.1) is 11.8 Å². The molecule has 0 atom stereocenters. The fraction of sp³-hybridized carbons (Fsp3) is 0.167. The lowest BCUT2D eigenvalue weighted by Gasteiger charge is -2.04. The van der Waals surface area contributed by atoms with Gasteiger partial charge in [0.2, 0.25) is 0 Å². The molecule has 112 valence electrons. The van der Waals surface area contributed by atoms with Gasteiger partial charge in [0.15, 0.2) is 0 Å². The van der Waals surface area contributed by atoms with E-state index in [1.807, 2.05) is 54.6 Å². The van der Waals surface area contributed by atoms with E-state index < -0.39 is 6.09 Å². The van der Waals surface area contributed by atoms with Gasteiger partial charge in [-0.15, -0.1) is 0 Å². The summed E-state index contributed by atoms with van der Waals surface area (Å²) in [6, 6.07) is 16.8. The minimum absolute atomic E-state index is 0.0581. The third-order valence-corrected chi connectivity index (χ3v) is 2.94. The van der Waals surface area contributed by atoms with Crippen LogP contribution in [0.5, 0.6) is 0 Å². The second kappa shape index (κ2) is 8.50. The van der Waals surface area contributed by atoms with E-state index in [0.29, 0.717) is 0 Å². The van der Waals surface area contributed by atoms with Crippen LogP contribution in [-0.4, -0.2) is 17.7 Å². The van der Waals surface area contributed by atoms with E-state index in [1.54, 1.807) is 0 Å². The Labute approximate surface area is 129 Å². The Hall–Kier alpha value is -2.77. The first kappa shape index (κ1) is 15.6. The molecular formula is C18H17NO3. The van der Waals surface area contributed by atoms with Gasteiger partial charge in [-0.2, -0.15) is 0 Å². The van der Waals surface area contributed by atoms with Crippen molar-refractivity contribution in [3.63, 3.8) is 0 Å². The van der Waals surface area contributed by atoms with Crippen molar-refractivity contribution in [2.45, 2.75) is 13.2 Å². The Balaban J connectivity index is 1.77. The number of aliphatic hydroxyl groups is 1. The zero-order valence-corrected chi connectivity index (χ0v) is 12.1. The van der Waals surface area contributed by atoms with Crippen LogP contribution in [0.2, 0.25) is 0 Å². The van der Waals surface area contributed by atoms with E-state index in [4.69, 9.17) is 4.74 Å². The van der Waals surface area contributed by atoms with E-state index in [-0.39, 0.29) is 19.8 Å². The second-order valence-corrected chi connectivity index (χ2v) is 4.53. The molecule has 0 fully saturated rings. The molecule has 0 radical (unpaired) electrons. The van der Waals surface area contributed by atoms with Crippen molar-refractivity contribution >= 4 is 6.09 Å². The molecule has 2 N–H and O–H groups in total. The van der Waals surface area contributed by atoms with Crippen LogP contribution >= 0.6 is 0 Å². The van der Waals surface area contributed by atoms with Crippen LogP contribution in [0.4, 0.5) is 4.79 Å². The SMILES string of the molecule is O=C(NCC#Cc1ccccc1CO)OCc1ccccc1. The van der Waals surface area contributed by atoms with E-state index in [2.05, 4.69) is 17.2 Å². The van der Waals surface area contributed by atoms with Gasteiger partial charge < -0.3 is 15.2 Å². The van der Waals surface area contributed by atoms with Gasteiger partial charge in [-0.05, 0) is 17.2 Å². The molecule has 4 nitrogen and oxygen atoms in total. The van der Waals surface area contributed by atoms with Crippen molar-refractivity contribution < 1.29 is 14.6 Å². The molecule has 2 aromatic carbocycles. The van der Waals surface area contributed by atoms with Crippen LogP contribution in [0.25, 0.3) is 0 Å². The largest absolute Gasteiger partial charge is 0.445 e. The molecule has 0 unspecified atom stereocenters. The summed E-state index contributed by atoms with van der Waals surface area (Å²) in [4.78, 5) is 11.5. The number of rotatable bonds is 4. The van der Waals surface area contributed by atoms with Gasteiger partial charge in [0.05, 0.1) is 13.2 Å². The second-order valence-electron chi connectivity index (χ2n) is 4.53. The average Bonchev–Trinajstić information content (AvgIpc) is 2.58. The molecule has 4 heteroatoms. The van der Waals surface area contributed by atoms with Crippen LogP contribution in [0.1, 0.15) is 16.7 Å². The minimum Gasteiger partial charge on any atom is -0.445 e. The predicted molar refractivity (Wildman–Crippen MR) is 83.9 cm³/mol. The first-order valence-electron chi connectivity index (χ1n) is 6.92. The summed E-state index contributed by atoms with van der Waals surface area (Å²) < 4.78 is 5.07. The lowest BCUT2D eigenvalue weighted by molar-refractivity contribution is 0.141. The molecule has 0 saturated heterocycles. The first-order chi connectivity index (χ1) is 10.8. The third kappa shape index (κ3) is 4.97. The van der Waals surface area contributed by atoms with Crippen molar-refractivity contribution in [3.05, 3.63) is 71.3 Å². The minimum atomic E-state index is -0.506. The quantitative estimate of drug-likeness (QED) is 0.852. The Bertz CT molecular complexity index is 671. The number of carbonyl (C=O) groups excluding carboxylic acids is 1. The Kier molecular flexibility index (Phi) is 6.03. The number of benzene rings is 2. The highest BCUT2D eigenvalue weighted by molar-refractivity contribution is 5.67. The first-order valence-corrected chi connectivity index (χ1v) is 6.92. The number of hydrogen-bond donors (Lipinski definition) is 2. The zero-order chi connectivity index (χ0) is 15.6. The Morgan fingerprint density at radius 2 is 1.82 bits per heavy atom. The van der Waals surface area contributed by atoms with Crippen LogP contribution in [0.15, 0.2) is 54.6 Å². The van der Waals surface area contributed by atoms with Gasteiger partial charge in [-0.3, -0.25) is 0 Å². The molecule has 0 heterocycles. The number of aliphatic hydroxyl groups excluding tert-OH is 1. The van der Waals surface area contributed by atoms with Crippen molar-refractivity contribution in [2.75, 3.05) is 6.54 Å². The molecule has 0 bridgehead atoms. The van der Waals surface area contributed by atoms with Crippen LogP contribution < -0.4 is 5.32 Å². The number of carbonyl (C=O) groups is 1. The topological polar surface area (TPSA) is 58.6 Å². The van der Waals surface area contributed by atoms with E-state index >= 15 is 0 Å². The van der Waals surface area contributed by atoms with E-state index in [9.17, 15) is 9.90 Å². The van der Waals surface area contributed by atoms with Gasteiger partial charge in [0.1, 0.15) is 6.61 Å². The maximum absolute atomic E-state index is 11.5. The number of ether oxygens (including phenoxy) is 1. The summed E-state index contributed by atoms with van der Waals surface area (Å²) in [5.41, 5.74) is 2.45. The fourth-order valence-corrected chi connectivity index (χ4v) is 1.81. The van der Waals surface area contributed by atoms with Gasteiger partial charge in [0, 0.05) is 5.56 Å². The molecule has 0 aliphatic heterocycles. The van der Waals surface area contributed by atoms with Crippen molar-refractivity contribution in [2.24, 2.45) is 0 Å². The number of amides is 1. The fourth-order valence-electron chi connectivity index (χ4n) is 1.81. The monoisotopic (exact) mass is 295 g/mol. The van der Waals surface area contributed by atoms with Gasteiger partial charge in [-0.1, -0.05) is 60.4 Å². The van der Waals surface area contributed by atoms with Crippen molar-refractivity contribution in [1.29, 1.82) is 0 Å². The van der Waals surface area contributed by atoms with E-state index in [1.165, 1.54) is 0 Å². The Morgan fingerprint density at radius 3 is 2.59 bits per heavy atom. The summed E-state index contributed by atoms with van der Waals surface area (Å²) in [5, 5.41) is 11.7. The molecule has 22 heavy (non-hydrogen) atoms. The zero-order valence-electron chi connectivity index (χ0n) is 12.1. The standard InChI is InChI=1S/C18H17NO3/c20-13-17-10-5-4-9-16(17)11-6-12-19-18(21)22-14-15-7-2-1-3-8-15/h1-5,7-10,20H,12-14H2,(H,19,21). The molecular weight excluding hydrogens is 278 g/mol. The third-order valence-electron chi connectivity index (χ3n) is 2.94. The molecule has 0 saturated carbocycles. The average molecular weight is 295 g/mol. The summed E-state index contributed by atoms with van der Waals surface area (Å²) in [6.45, 7) is 0.359. The summed E-state index contributed by atoms with van der Waals surface area (Å²) in [5.74, 6) is 5.75. The predicted octanol–water partition coefficient (Wildman–Crippen LogP) is 2.46.